The number of benzene rings is 1. The molecule has 1 heteroatoms. The summed E-state index contributed by atoms with van der Waals surface area (Å²) in [5.41, 5.74) is 1.19. The maximum absolute atomic E-state index is 5.45. The van der Waals surface area contributed by atoms with Crippen molar-refractivity contribution in [1.82, 2.24) is 0 Å². The number of hydrogen-bond acceptors (Lipinski definition) is 1. The van der Waals surface area contributed by atoms with Gasteiger partial charge in [0.1, 0.15) is 6.10 Å². The minimum Gasteiger partial charge on any atom is -0.494 e. The van der Waals surface area contributed by atoms with E-state index in [1.807, 2.05) is 24.3 Å². The summed E-state index contributed by atoms with van der Waals surface area (Å²) < 4.78 is 5.45. The average Bonchev–Trinajstić information content (AvgIpc) is 2.25. The van der Waals surface area contributed by atoms with Crippen LogP contribution in [0.25, 0.3) is 0 Å². The Morgan fingerprint density at radius 1 is 1.21 bits per heavy atom. The molecule has 0 radical (unpaired) electrons. The van der Waals surface area contributed by atoms with Gasteiger partial charge in [-0.25, -0.2) is 0 Å². The van der Waals surface area contributed by atoms with Gasteiger partial charge in [0, 0.05) is 0 Å². The van der Waals surface area contributed by atoms with E-state index < -0.39 is 0 Å². The van der Waals surface area contributed by atoms with Gasteiger partial charge in [0.25, 0.3) is 0 Å². The fourth-order valence-corrected chi connectivity index (χ4v) is 1.37. The molecule has 0 aliphatic heterocycles. The van der Waals surface area contributed by atoms with Gasteiger partial charge in [-0.15, -0.1) is 6.58 Å². The van der Waals surface area contributed by atoms with Gasteiger partial charge in [-0.05, 0) is 18.4 Å². The van der Waals surface area contributed by atoms with Crippen LogP contribution in [0, 0.1) is 0 Å². The first-order chi connectivity index (χ1) is 6.88. The van der Waals surface area contributed by atoms with Gasteiger partial charge in [0.05, 0.1) is 6.26 Å². The van der Waals surface area contributed by atoms with Crippen molar-refractivity contribution in [1.29, 1.82) is 0 Å². The number of ether oxygens (including phenoxy) is 1. The maximum atomic E-state index is 5.45. The second-order valence-electron chi connectivity index (χ2n) is 3.07. The predicted molar refractivity (Wildman–Crippen MR) is 59.9 cm³/mol. The molecule has 0 bridgehead atoms. The molecule has 1 aromatic carbocycles. The van der Waals surface area contributed by atoms with Crippen LogP contribution < -0.4 is 0 Å². The Kier molecular flexibility index (Phi) is 4.56. The largest absolute Gasteiger partial charge is 0.494 e. The molecule has 14 heavy (non-hydrogen) atoms. The molecule has 1 atom stereocenters. The van der Waals surface area contributed by atoms with Gasteiger partial charge in [-0.1, -0.05) is 43.0 Å². The van der Waals surface area contributed by atoms with E-state index in [9.17, 15) is 0 Å². The maximum Gasteiger partial charge on any atom is 0.123 e. The Hall–Kier alpha value is -1.50. The standard InChI is InChI=1S/C13H16O/c1-3-5-11-13(14-4-2)12-9-7-6-8-10-12/h3-4,6-10,13H,1-2,5,11H2. The Morgan fingerprint density at radius 3 is 2.50 bits per heavy atom. The molecule has 0 fully saturated rings. The molecule has 1 unspecified atom stereocenters. The van der Waals surface area contributed by atoms with Gasteiger partial charge < -0.3 is 4.74 Å². The van der Waals surface area contributed by atoms with Gasteiger partial charge in [0.2, 0.25) is 0 Å². The van der Waals surface area contributed by atoms with Crippen LogP contribution in [0.1, 0.15) is 24.5 Å². The lowest BCUT2D eigenvalue weighted by molar-refractivity contribution is 0.139. The van der Waals surface area contributed by atoms with Crippen LogP contribution in [0.3, 0.4) is 0 Å². The highest BCUT2D eigenvalue weighted by Gasteiger charge is 2.08. The van der Waals surface area contributed by atoms with Crippen molar-refractivity contribution >= 4 is 0 Å². The van der Waals surface area contributed by atoms with E-state index in [1.54, 1.807) is 0 Å². The number of hydrogen-bond donors (Lipinski definition) is 0. The molecule has 1 aromatic rings. The molecule has 1 rings (SSSR count). The van der Waals surface area contributed by atoms with Crippen molar-refractivity contribution in [3.8, 4) is 0 Å². The molecule has 74 valence electrons. The monoisotopic (exact) mass is 188 g/mol. The molecule has 1 nitrogen and oxygen atoms in total. The zero-order valence-electron chi connectivity index (χ0n) is 8.36. The molecule has 0 spiro atoms. The van der Waals surface area contributed by atoms with Gasteiger partial charge in [0.15, 0.2) is 0 Å². The molecule has 0 N–H and O–H groups in total. The Morgan fingerprint density at radius 2 is 1.93 bits per heavy atom. The van der Waals surface area contributed by atoms with Crippen LogP contribution in [-0.2, 0) is 4.74 Å². The van der Waals surface area contributed by atoms with E-state index >= 15 is 0 Å². The minimum atomic E-state index is 0.103. The highest BCUT2D eigenvalue weighted by molar-refractivity contribution is 5.17. The SMILES string of the molecule is C=CCCC(OC=C)c1ccccc1. The highest BCUT2D eigenvalue weighted by atomic mass is 16.5. The number of rotatable bonds is 6. The van der Waals surface area contributed by atoms with E-state index in [2.05, 4.69) is 25.3 Å². The molecular formula is C13H16O. The smallest absolute Gasteiger partial charge is 0.123 e. The quantitative estimate of drug-likeness (QED) is 0.486. The lowest BCUT2D eigenvalue weighted by Gasteiger charge is -2.15. The third-order valence-corrected chi connectivity index (χ3v) is 2.06. The van der Waals surface area contributed by atoms with Crippen LogP contribution in [0.5, 0.6) is 0 Å². The van der Waals surface area contributed by atoms with Crippen LogP contribution in [0.2, 0.25) is 0 Å². The summed E-state index contributed by atoms with van der Waals surface area (Å²) in [5.74, 6) is 0. The van der Waals surface area contributed by atoms with Crippen LogP contribution in [0.15, 0.2) is 55.8 Å². The fourth-order valence-electron chi connectivity index (χ4n) is 1.37. The fraction of sp³-hybridized carbons (Fsp3) is 0.231. The second-order valence-corrected chi connectivity index (χ2v) is 3.07. The molecule has 0 saturated carbocycles. The summed E-state index contributed by atoms with van der Waals surface area (Å²) in [6, 6.07) is 10.2. The van der Waals surface area contributed by atoms with E-state index in [-0.39, 0.29) is 6.10 Å². The summed E-state index contributed by atoms with van der Waals surface area (Å²) in [7, 11) is 0. The van der Waals surface area contributed by atoms with Crippen molar-refractivity contribution < 1.29 is 4.74 Å². The van der Waals surface area contributed by atoms with Crippen LogP contribution >= 0.6 is 0 Å². The molecule has 0 aromatic heterocycles. The lowest BCUT2D eigenvalue weighted by atomic mass is 10.1. The van der Waals surface area contributed by atoms with Crippen molar-refractivity contribution in [2.24, 2.45) is 0 Å². The van der Waals surface area contributed by atoms with Gasteiger partial charge in [-0.2, -0.15) is 0 Å². The molecule has 0 aliphatic carbocycles. The van der Waals surface area contributed by atoms with Crippen LogP contribution in [-0.4, -0.2) is 0 Å². The summed E-state index contributed by atoms with van der Waals surface area (Å²) in [6.07, 6.45) is 5.41. The minimum absolute atomic E-state index is 0.103. The molecule has 0 heterocycles. The van der Waals surface area contributed by atoms with Crippen LogP contribution in [0.4, 0.5) is 0 Å². The third-order valence-electron chi connectivity index (χ3n) is 2.06. The lowest BCUT2D eigenvalue weighted by Crippen LogP contribution is -1.99. The molecular weight excluding hydrogens is 172 g/mol. The van der Waals surface area contributed by atoms with Gasteiger partial charge >= 0.3 is 0 Å². The first kappa shape index (κ1) is 10.6. The molecule has 0 saturated heterocycles. The normalized spacial score (nSPS) is 11.7. The summed E-state index contributed by atoms with van der Waals surface area (Å²) >= 11 is 0. The van der Waals surface area contributed by atoms with E-state index in [0.717, 1.165) is 12.8 Å². The zero-order valence-corrected chi connectivity index (χ0v) is 8.36. The molecule has 0 amide bonds. The Bertz CT molecular complexity index is 277. The summed E-state index contributed by atoms with van der Waals surface area (Å²) in [5, 5.41) is 0. The first-order valence-electron chi connectivity index (χ1n) is 4.80. The Labute approximate surface area is 85.7 Å². The zero-order chi connectivity index (χ0) is 10.2. The summed E-state index contributed by atoms with van der Waals surface area (Å²) in [4.78, 5) is 0. The van der Waals surface area contributed by atoms with E-state index in [0.29, 0.717) is 0 Å². The van der Waals surface area contributed by atoms with E-state index in [4.69, 9.17) is 4.74 Å². The predicted octanol–water partition coefficient (Wildman–Crippen LogP) is 3.85. The van der Waals surface area contributed by atoms with Gasteiger partial charge in [-0.3, -0.25) is 0 Å². The van der Waals surface area contributed by atoms with E-state index in [1.165, 1.54) is 11.8 Å². The molecule has 0 aliphatic rings. The van der Waals surface area contributed by atoms with Crippen molar-refractivity contribution in [3.05, 3.63) is 61.4 Å². The average molecular weight is 188 g/mol. The highest BCUT2D eigenvalue weighted by Crippen LogP contribution is 2.22. The summed E-state index contributed by atoms with van der Waals surface area (Å²) in [6.45, 7) is 7.29. The van der Waals surface area contributed by atoms with Crippen molar-refractivity contribution in [2.45, 2.75) is 18.9 Å². The second kappa shape index (κ2) is 6.03. The first-order valence-corrected chi connectivity index (χ1v) is 4.80. The van der Waals surface area contributed by atoms with Crippen molar-refractivity contribution in [2.75, 3.05) is 0 Å². The Balaban J connectivity index is 2.66. The van der Waals surface area contributed by atoms with Crippen molar-refractivity contribution in [3.63, 3.8) is 0 Å². The topological polar surface area (TPSA) is 9.23 Å². The third kappa shape index (κ3) is 3.09. The number of allylic oxidation sites excluding steroid dienone is 1.